The maximum atomic E-state index is 12.4. The first kappa shape index (κ1) is 20.5. The van der Waals surface area contributed by atoms with Crippen LogP contribution in [-0.2, 0) is 14.3 Å². The fraction of sp³-hybridized carbons (Fsp3) is 0.348. The lowest BCUT2D eigenvalue weighted by Crippen LogP contribution is -2.54. The highest BCUT2D eigenvalue weighted by Gasteiger charge is 2.48. The van der Waals surface area contributed by atoms with Crippen molar-refractivity contribution in [3.05, 3.63) is 48.0 Å². The third-order valence-electron chi connectivity index (χ3n) is 5.58. The standard InChI is InChI=1S/C23H25N3O3S/c1-14-4-11-18-19(12-14)30-21(26-18)15-5-9-17(10-6-15)25-20(27)13-24-23(2,16-7-8-16)22(28)29-3/h4-6,9-12,16,24H,7-8,13H2,1-3H3,(H,25,27)/t23-/m1/s1. The summed E-state index contributed by atoms with van der Waals surface area (Å²) < 4.78 is 6.08. The molecule has 7 heteroatoms. The molecule has 2 N–H and O–H groups in total. The van der Waals surface area contributed by atoms with Gasteiger partial charge in [0.25, 0.3) is 0 Å². The van der Waals surface area contributed by atoms with Crippen LogP contribution in [0.25, 0.3) is 20.8 Å². The molecule has 2 aromatic carbocycles. The molecule has 1 aromatic heterocycles. The van der Waals surface area contributed by atoms with Crippen molar-refractivity contribution in [1.82, 2.24) is 10.3 Å². The maximum absolute atomic E-state index is 12.4. The Balaban J connectivity index is 1.39. The number of amides is 1. The van der Waals surface area contributed by atoms with E-state index in [1.54, 1.807) is 18.3 Å². The minimum Gasteiger partial charge on any atom is -0.468 e. The van der Waals surface area contributed by atoms with E-state index in [-0.39, 0.29) is 24.3 Å². The van der Waals surface area contributed by atoms with Crippen LogP contribution in [0.3, 0.4) is 0 Å². The molecule has 0 unspecified atom stereocenters. The average molecular weight is 424 g/mol. The van der Waals surface area contributed by atoms with Gasteiger partial charge in [-0.2, -0.15) is 0 Å². The molecule has 1 atom stereocenters. The monoisotopic (exact) mass is 423 g/mol. The summed E-state index contributed by atoms with van der Waals surface area (Å²) in [4.78, 5) is 29.2. The van der Waals surface area contributed by atoms with Gasteiger partial charge >= 0.3 is 5.97 Å². The minimum atomic E-state index is -0.818. The molecule has 4 rings (SSSR count). The molecule has 6 nitrogen and oxygen atoms in total. The quantitative estimate of drug-likeness (QED) is 0.558. The predicted molar refractivity (Wildman–Crippen MR) is 120 cm³/mol. The van der Waals surface area contributed by atoms with Gasteiger partial charge in [0.2, 0.25) is 5.91 Å². The number of aromatic nitrogens is 1. The van der Waals surface area contributed by atoms with Crippen molar-refractivity contribution in [2.24, 2.45) is 5.92 Å². The second-order valence-corrected chi connectivity index (χ2v) is 8.97. The Hall–Kier alpha value is -2.77. The molecular weight excluding hydrogens is 398 g/mol. The summed E-state index contributed by atoms with van der Waals surface area (Å²) in [6.07, 6.45) is 1.93. The molecule has 1 amide bonds. The number of aryl methyl sites for hydroxylation is 1. The number of nitrogens with zero attached hydrogens (tertiary/aromatic N) is 1. The number of esters is 1. The molecule has 30 heavy (non-hydrogen) atoms. The van der Waals surface area contributed by atoms with Gasteiger partial charge in [-0.3, -0.25) is 14.9 Å². The second kappa shape index (κ2) is 8.16. The van der Waals surface area contributed by atoms with Crippen molar-refractivity contribution in [3.63, 3.8) is 0 Å². The van der Waals surface area contributed by atoms with Crippen molar-refractivity contribution in [3.8, 4) is 10.6 Å². The molecular formula is C23H25N3O3S. The first-order valence-corrected chi connectivity index (χ1v) is 10.8. The zero-order valence-corrected chi connectivity index (χ0v) is 18.1. The zero-order chi connectivity index (χ0) is 21.3. The van der Waals surface area contributed by atoms with E-state index in [1.165, 1.54) is 12.7 Å². The van der Waals surface area contributed by atoms with Crippen molar-refractivity contribution in [2.45, 2.75) is 32.2 Å². The fourth-order valence-electron chi connectivity index (χ4n) is 3.58. The van der Waals surface area contributed by atoms with E-state index in [9.17, 15) is 9.59 Å². The van der Waals surface area contributed by atoms with Gasteiger partial charge < -0.3 is 10.1 Å². The number of carbonyl (C=O) groups is 2. The Kier molecular flexibility index (Phi) is 5.58. The van der Waals surface area contributed by atoms with Gasteiger partial charge in [0.05, 0.1) is 23.9 Å². The first-order valence-electron chi connectivity index (χ1n) is 10.00. The third-order valence-corrected chi connectivity index (χ3v) is 6.65. The summed E-state index contributed by atoms with van der Waals surface area (Å²) in [5.41, 5.74) is 3.11. The Morgan fingerprint density at radius 3 is 2.60 bits per heavy atom. The molecule has 1 heterocycles. The van der Waals surface area contributed by atoms with Crippen molar-refractivity contribution >= 4 is 39.1 Å². The van der Waals surface area contributed by atoms with Gasteiger partial charge in [0.1, 0.15) is 10.5 Å². The van der Waals surface area contributed by atoms with Crippen LogP contribution >= 0.6 is 11.3 Å². The number of thiazole rings is 1. The second-order valence-electron chi connectivity index (χ2n) is 7.94. The van der Waals surface area contributed by atoms with Gasteiger partial charge in [-0.15, -0.1) is 11.3 Å². The number of carbonyl (C=O) groups excluding carboxylic acids is 2. The van der Waals surface area contributed by atoms with Crippen LogP contribution < -0.4 is 10.6 Å². The number of methoxy groups -OCH3 is 1. The van der Waals surface area contributed by atoms with Gasteiger partial charge in [0.15, 0.2) is 0 Å². The van der Waals surface area contributed by atoms with E-state index in [2.05, 4.69) is 29.7 Å². The highest BCUT2D eigenvalue weighted by Crippen LogP contribution is 2.40. The predicted octanol–water partition coefficient (Wildman–Crippen LogP) is 4.14. The van der Waals surface area contributed by atoms with E-state index in [1.807, 2.05) is 30.3 Å². The number of hydrogen-bond acceptors (Lipinski definition) is 6. The third kappa shape index (κ3) is 4.22. The lowest BCUT2D eigenvalue weighted by molar-refractivity contribution is -0.149. The summed E-state index contributed by atoms with van der Waals surface area (Å²) in [5.74, 6) is -0.309. The van der Waals surface area contributed by atoms with Gasteiger partial charge in [0, 0.05) is 11.3 Å². The Morgan fingerprint density at radius 2 is 1.93 bits per heavy atom. The number of ether oxygens (including phenoxy) is 1. The normalized spacial score (nSPS) is 15.6. The van der Waals surface area contributed by atoms with Crippen LogP contribution in [-0.4, -0.2) is 36.1 Å². The molecule has 0 spiro atoms. The molecule has 1 fully saturated rings. The lowest BCUT2D eigenvalue weighted by Gasteiger charge is -2.27. The van der Waals surface area contributed by atoms with Crippen molar-refractivity contribution in [1.29, 1.82) is 0 Å². The Morgan fingerprint density at radius 1 is 1.20 bits per heavy atom. The molecule has 156 valence electrons. The number of benzene rings is 2. The SMILES string of the molecule is COC(=O)[C@](C)(NCC(=O)Nc1ccc(-c2nc3ccc(C)cc3s2)cc1)C1CC1. The van der Waals surface area contributed by atoms with Crippen molar-refractivity contribution in [2.75, 3.05) is 19.0 Å². The highest BCUT2D eigenvalue weighted by atomic mass is 32.1. The average Bonchev–Trinajstić information content (AvgIpc) is 3.52. The summed E-state index contributed by atoms with van der Waals surface area (Å²) in [6.45, 7) is 3.92. The van der Waals surface area contributed by atoms with E-state index < -0.39 is 5.54 Å². The van der Waals surface area contributed by atoms with Crippen molar-refractivity contribution < 1.29 is 14.3 Å². The molecule has 3 aromatic rings. The molecule has 0 aliphatic heterocycles. The summed E-state index contributed by atoms with van der Waals surface area (Å²) in [5, 5.41) is 6.92. The molecule has 1 aliphatic rings. The first-order chi connectivity index (χ1) is 14.4. The van der Waals surface area contributed by atoms with Crippen LogP contribution in [0.1, 0.15) is 25.3 Å². The lowest BCUT2D eigenvalue weighted by atomic mass is 9.96. The van der Waals surface area contributed by atoms with Crippen LogP contribution in [0.5, 0.6) is 0 Å². The topological polar surface area (TPSA) is 80.3 Å². The number of rotatable bonds is 7. The van der Waals surface area contributed by atoms with Crippen LogP contribution in [0, 0.1) is 12.8 Å². The number of hydrogen-bond donors (Lipinski definition) is 2. The molecule has 0 saturated heterocycles. The largest absolute Gasteiger partial charge is 0.468 e. The number of nitrogens with one attached hydrogen (secondary N) is 2. The van der Waals surface area contributed by atoms with E-state index in [4.69, 9.17) is 9.72 Å². The van der Waals surface area contributed by atoms with Crippen LogP contribution in [0.2, 0.25) is 0 Å². The summed E-state index contributed by atoms with van der Waals surface area (Å²) in [6, 6.07) is 13.9. The Bertz CT molecular complexity index is 1090. The van der Waals surface area contributed by atoms with Crippen LogP contribution in [0.4, 0.5) is 5.69 Å². The maximum Gasteiger partial charge on any atom is 0.326 e. The van der Waals surface area contributed by atoms with Gasteiger partial charge in [-0.05, 0) is 74.6 Å². The minimum absolute atomic E-state index is 0.0427. The molecule has 0 bridgehead atoms. The Labute approximate surface area is 179 Å². The van der Waals surface area contributed by atoms with E-state index in [0.29, 0.717) is 5.69 Å². The van der Waals surface area contributed by atoms with Crippen LogP contribution in [0.15, 0.2) is 42.5 Å². The summed E-state index contributed by atoms with van der Waals surface area (Å²) >= 11 is 1.66. The number of fused-ring (bicyclic) bond motifs is 1. The van der Waals surface area contributed by atoms with E-state index in [0.717, 1.165) is 33.6 Å². The number of anilines is 1. The molecule has 1 aliphatic carbocycles. The van der Waals surface area contributed by atoms with E-state index >= 15 is 0 Å². The molecule has 0 radical (unpaired) electrons. The molecule has 1 saturated carbocycles. The highest BCUT2D eigenvalue weighted by molar-refractivity contribution is 7.21. The fourth-order valence-corrected chi connectivity index (χ4v) is 4.65. The smallest absolute Gasteiger partial charge is 0.326 e. The zero-order valence-electron chi connectivity index (χ0n) is 17.3. The summed E-state index contributed by atoms with van der Waals surface area (Å²) in [7, 11) is 1.37. The van der Waals surface area contributed by atoms with Gasteiger partial charge in [-0.1, -0.05) is 6.07 Å². The van der Waals surface area contributed by atoms with Gasteiger partial charge in [-0.25, -0.2) is 4.98 Å².